The van der Waals surface area contributed by atoms with E-state index in [0.717, 1.165) is 74.7 Å². The average Bonchev–Trinajstić information content (AvgIpc) is 3.18. The van der Waals surface area contributed by atoms with Gasteiger partial charge in [0.15, 0.2) is 0 Å². The molecular weight excluding hydrogens is 400 g/mol. The van der Waals surface area contributed by atoms with Gasteiger partial charge in [0.1, 0.15) is 17.3 Å². The predicted octanol–water partition coefficient (Wildman–Crippen LogP) is 4.49. The Bertz CT molecular complexity index is 844. The Labute approximate surface area is 184 Å². The minimum absolute atomic E-state index is 0.356. The molecule has 2 aliphatic rings. The van der Waals surface area contributed by atoms with Crippen LogP contribution in [0.15, 0.2) is 18.2 Å². The summed E-state index contributed by atoms with van der Waals surface area (Å²) in [4.78, 5) is 11.4. The fraction of sp³-hybridized carbons (Fsp3) is 0.565. The molecule has 0 spiro atoms. The third-order valence-corrected chi connectivity index (χ3v) is 5.97. The lowest BCUT2D eigenvalue weighted by atomic mass is 10.0. The van der Waals surface area contributed by atoms with Crippen LogP contribution in [-0.2, 0) is 19.4 Å². The zero-order valence-electron chi connectivity index (χ0n) is 17.9. The van der Waals surface area contributed by atoms with Crippen molar-refractivity contribution in [3.63, 3.8) is 0 Å². The molecule has 1 aliphatic carbocycles. The van der Waals surface area contributed by atoms with Crippen LogP contribution in [0.2, 0.25) is 5.28 Å². The summed E-state index contributed by atoms with van der Waals surface area (Å²) in [6, 6.07) is 6.65. The largest absolute Gasteiger partial charge is 0.494 e. The van der Waals surface area contributed by atoms with E-state index in [-0.39, 0.29) is 0 Å². The highest BCUT2D eigenvalue weighted by Crippen LogP contribution is 2.29. The van der Waals surface area contributed by atoms with Crippen LogP contribution in [0.1, 0.15) is 49.9 Å². The summed E-state index contributed by atoms with van der Waals surface area (Å²) in [5, 5.41) is 4.01. The van der Waals surface area contributed by atoms with Gasteiger partial charge in [-0.1, -0.05) is 0 Å². The molecular formula is C23H31ClN4O2. The SMILES string of the molecule is CCOc1cc(CN2CCC(Nc3nc(Cl)nc4c3CCC4)CC2)cc(OCC)c1. The van der Waals surface area contributed by atoms with Crippen molar-refractivity contribution in [3.05, 3.63) is 40.3 Å². The number of benzene rings is 1. The van der Waals surface area contributed by atoms with E-state index in [2.05, 4.69) is 32.3 Å². The monoisotopic (exact) mass is 430 g/mol. The van der Waals surface area contributed by atoms with Gasteiger partial charge < -0.3 is 14.8 Å². The first kappa shape index (κ1) is 21.2. The van der Waals surface area contributed by atoms with Crippen LogP contribution in [-0.4, -0.2) is 47.2 Å². The average molecular weight is 431 g/mol. The van der Waals surface area contributed by atoms with Gasteiger partial charge in [0, 0.05) is 37.3 Å². The van der Waals surface area contributed by atoms with Crippen molar-refractivity contribution in [2.75, 3.05) is 31.6 Å². The molecule has 0 amide bonds. The molecule has 0 atom stereocenters. The minimum Gasteiger partial charge on any atom is -0.494 e. The number of halogens is 1. The molecule has 30 heavy (non-hydrogen) atoms. The lowest BCUT2D eigenvalue weighted by molar-refractivity contribution is 0.210. The van der Waals surface area contributed by atoms with Crippen LogP contribution in [0.25, 0.3) is 0 Å². The molecule has 0 saturated carbocycles. The smallest absolute Gasteiger partial charge is 0.224 e. The van der Waals surface area contributed by atoms with Gasteiger partial charge >= 0.3 is 0 Å². The van der Waals surface area contributed by atoms with E-state index in [1.165, 1.54) is 11.1 Å². The number of piperidine rings is 1. The number of nitrogens with zero attached hydrogens (tertiary/aromatic N) is 3. The number of aryl methyl sites for hydroxylation is 1. The molecule has 2 heterocycles. The van der Waals surface area contributed by atoms with E-state index in [0.29, 0.717) is 24.5 Å². The van der Waals surface area contributed by atoms with Gasteiger partial charge in [-0.05, 0) is 75.2 Å². The molecule has 7 heteroatoms. The molecule has 162 valence electrons. The zero-order chi connectivity index (χ0) is 20.9. The molecule has 1 aromatic carbocycles. The fourth-order valence-electron chi connectivity index (χ4n) is 4.43. The molecule has 2 aromatic rings. The third kappa shape index (κ3) is 5.16. The maximum Gasteiger partial charge on any atom is 0.224 e. The molecule has 1 fully saturated rings. The summed E-state index contributed by atoms with van der Waals surface area (Å²) in [6.45, 7) is 8.31. The van der Waals surface area contributed by atoms with Crippen molar-refractivity contribution in [1.29, 1.82) is 0 Å². The number of rotatable bonds is 8. The highest BCUT2D eigenvalue weighted by molar-refractivity contribution is 6.28. The minimum atomic E-state index is 0.356. The number of ether oxygens (including phenoxy) is 2. The van der Waals surface area contributed by atoms with Crippen LogP contribution in [0.5, 0.6) is 11.5 Å². The highest BCUT2D eigenvalue weighted by Gasteiger charge is 2.24. The number of likely N-dealkylation sites (tertiary alicyclic amines) is 1. The van der Waals surface area contributed by atoms with Crippen molar-refractivity contribution < 1.29 is 9.47 Å². The van der Waals surface area contributed by atoms with E-state index in [1.54, 1.807) is 0 Å². The van der Waals surface area contributed by atoms with Crippen molar-refractivity contribution in [3.8, 4) is 11.5 Å². The van der Waals surface area contributed by atoms with Crippen LogP contribution >= 0.6 is 11.6 Å². The summed E-state index contributed by atoms with van der Waals surface area (Å²) in [5.74, 6) is 2.71. The van der Waals surface area contributed by atoms with E-state index >= 15 is 0 Å². The molecule has 0 unspecified atom stereocenters. The van der Waals surface area contributed by atoms with Crippen molar-refractivity contribution in [2.24, 2.45) is 0 Å². The summed E-state index contributed by atoms with van der Waals surface area (Å²) in [6.07, 6.45) is 5.36. The Hall–Kier alpha value is -2.05. The maximum absolute atomic E-state index is 6.14. The molecule has 0 radical (unpaired) electrons. The van der Waals surface area contributed by atoms with E-state index in [9.17, 15) is 0 Å². The standard InChI is InChI=1S/C23H31ClN4O2/c1-3-29-18-12-16(13-19(14-18)30-4-2)15-28-10-8-17(9-11-28)25-22-20-6-5-7-21(20)26-23(24)27-22/h12-14,17H,3-11,15H2,1-2H3,(H,25,26,27). The normalized spacial score (nSPS) is 17.0. The fourth-order valence-corrected chi connectivity index (χ4v) is 4.62. The van der Waals surface area contributed by atoms with Gasteiger partial charge in [0.25, 0.3) is 0 Å². The van der Waals surface area contributed by atoms with E-state index in [4.69, 9.17) is 21.1 Å². The molecule has 1 N–H and O–H groups in total. The van der Waals surface area contributed by atoms with Crippen molar-refractivity contribution in [2.45, 2.75) is 58.5 Å². The molecule has 6 nitrogen and oxygen atoms in total. The number of hydrogen-bond acceptors (Lipinski definition) is 6. The molecule has 1 aliphatic heterocycles. The summed E-state index contributed by atoms with van der Waals surface area (Å²) >= 11 is 6.14. The second-order valence-corrected chi connectivity index (χ2v) is 8.33. The first-order valence-electron chi connectivity index (χ1n) is 11.1. The van der Waals surface area contributed by atoms with Crippen LogP contribution in [0.4, 0.5) is 5.82 Å². The number of hydrogen-bond donors (Lipinski definition) is 1. The van der Waals surface area contributed by atoms with Crippen LogP contribution < -0.4 is 14.8 Å². The third-order valence-electron chi connectivity index (χ3n) is 5.80. The van der Waals surface area contributed by atoms with Crippen LogP contribution in [0.3, 0.4) is 0 Å². The summed E-state index contributed by atoms with van der Waals surface area (Å²) < 4.78 is 11.4. The quantitative estimate of drug-likeness (QED) is 0.622. The molecule has 1 aromatic heterocycles. The lowest BCUT2D eigenvalue weighted by Crippen LogP contribution is -2.39. The molecule has 4 rings (SSSR count). The predicted molar refractivity (Wildman–Crippen MR) is 120 cm³/mol. The Kier molecular flexibility index (Phi) is 6.95. The second kappa shape index (κ2) is 9.84. The van der Waals surface area contributed by atoms with Gasteiger partial charge in [0.05, 0.1) is 18.9 Å². The first-order chi connectivity index (χ1) is 14.6. The number of nitrogens with one attached hydrogen (secondary N) is 1. The van der Waals surface area contributed by atoms with Crippen molar-refractivity contribution in [1.82, 2.24) is 14.9 Å². The number of anilines is 1. The van der Waals surface area contributed by atoms with E-state index in [1.807, 2.05) is 19.9 Å². The van der Waals surface area contributed by atoms with Gasteiger partial charge in [-0.15, -0.1) is 0 Å². The van der Waals surface area contributed by atoms with Gasteiger partial charge in [-0.3, -0.25) is 4.90 Å². The topological polar surface area (TPSA) is 59.5 Å². The molecule has 0 bridgehead atoms. The Balaban J connectivity index is 1.35. The van der Waals surface area contributed by atoms with Gasteiger partial charge in [-0.2, -0.15) is 0 Å². The Morgan fingerprint density at radius 2 is 1.73 bits per heavy atom. The van der Waals surface area contributed by atoms with E-state index < -0.39 is 0 Å². The Morgan fingerprint density at radius 1 is 1.03 bits per heavy atom. The van der Waals surface area contributed by atoms with Gasteiger partial charge in [-0.25, -0.2) is 9.97 Å². The van der Waals surface area contributed by atoms with Crippen molar-refractivity contribution >= 4 is 17.4 Å². The zero-order valence-corrected chi connectivity index (χ0v) is 18.7. The highest BCUT2D eigenvalue weighted by atomic mass is 35.5. The lowest BCUT2D eigenvalue weighted by Gasteiger charge is -2.33. The van der Waals surface area contributed by atoms with Gasteiger partial charge in [0.2, 0.25) is 5.28 Å². The van der Waals surface area contributed by atoms with Crippen LogP contribution in [0, 0.1) is 0 Å². The second-order valence-electron chi connectivity index (χ2n) is 7.99. The number of fused-ring (bicyclic) bond motifs is 1. The summed E-state index contributed by atoms with van der Waals surface area (Å²) in [7, 11) is 0. The summed E-state index contributed by atoms with van der Waals surface area (Å²) in [5.41, 5.74) is 3.61. The first-order valence-corrected chi connectivity index (χ1v) is 11.5. The Morgan fingerprint density at radius 3 is 2.40 bits per heavy atom. The molecule has 1 saturated heterocycles. The number of aromatic nitrogens is 2. The maximum atomic E-state index is 6.14.